The lowest BCUT2D eigenvalue weighted by Crippen LogP contribution is -2.44. The second-order valence-electron chi connectivity index (χ2n) is 3.32. The number of ether oxygens (including phenoxy) is 2. The maximum atomic E-state index is 11.0. The van der Waals surface area contributed by atoms with Gasteiger partial charge in [-0.1, -0.05) is 6.92 Å². The van der Waals surface area contributed by atoms with E-state index < -0.39 is 0 Å². The smallest absolute Gasteiger partial charge is 0.219 e. The zero-order chi connectivity index (χ0) is 9.73. The monoisotopic (exact) mass is 187 g/mol. The van der Waals surface area contributed by atoms with Gasteiger partial charge in [0.25, 0.3) is 0 Å². The van der Waals surface area contributed by atoms with Crippen LogP contribution in [0, 0.1) is 0 Å². The molecule has 1 rings (SSSR count). The van der Waals surface area contributed by atoms with Gasteiger partial charge in [-0.15, -0.1) is 0 Å². The molecule has 13 heavy (non-hydrogen) atoms. The highest BCUT2D eigenvalue weighted by atomic mass is 16.5. The van der Waals surface area contributed by atoms with Gasteiger partial charge in [0.1, 0.15) is 5.60 Å². The lowest BCUT2D eigenvalue weighted by atomic mass is 10.0. The summed E-state index contributed by atoms with van der Waals surface area (Å²) < 4.78 is 10.6. The van der Waals surface area contributed by atoms with Crippen LogP contribution in [0.3, 0.4) is 0 Å². The minimum Gasteiger partial charge on any atom is -0.378 e. The van der Waals surface area contributed by atoms with E-state index in [0.717, 1.165) is 13.0 Å². The molecule has 0 aromatic heterocycles. The van der Waals surface area contributed by atoms with E-state index in [1.807, 2.05) is 6.92 Å². The first-order chi connectivity index (χ1) is 6.22. The van der Waals surface area contributed by atoms with Gasteiger partial charge >= 0.3 is 0 Å². The molecule has 76 valence electrons. The zero-order valence-electron chi connectivity index (χ0n) is 8.26. The van der Waals surface area contributed by atoms with Gasteiger partial charge in [-0.3, -0.25) is 4.79 Å². The number of amides is 1. The summed E-state index contributed by atoms with van der Waals surface area (Å²) in [6.45, 7) is 3.68. The fourth-order valence-corrected chi connectivity index (χ4v) is 1.35. The third kappa shape index (κ3) is 2.67. The van der Waals surface area contributed by atoms with Crippen LogP contribution in [0.4, 0.5) is 0 Å². The molecule has 1 N–H and O–H groups in total. The standard InChI is InChI=1S/C9H17NO3/c1-3-8(11)10-6-9(12-2)4-5-13-7-9/h3-7H2,1-2H3,(H,10,11). The van der Waals surface area contributed by atoms with E-state index in [0.29, 0.717) is 19.6 Å². The zero-order valence-corrected chi connectivity index (χ0v) is 8.26. The second-order valence-corrected chi connectivity index (χ2v) is 3.32. The largest absolute Gasteiger partial charge is 0.378 e. The molecule has 1 saturated heterocycles. The number of nitrogens with one attached hydrogen (secondary N) is 1. The summed E-state index contributed by atoms with van der Waals surface area (Å²) in [5, 5.41) is 2.82. The van der Waals surface area contributed by atoms with Gasteiger partial charge in [0.05, 0.1) is 6.61 Å². The third-order valence-electron chi connectivity index (χ3n) is 2.43. The minimum atomic E-state index is -0.287. The van der Waals surface area contributed by atoms with Crippen molar-refractivity contribution >= 4 is 5.91 Å². The average Bonchev–Trinajstić information content (AvgIpc) is 2.63. The Bertz CT molecular complexity index is 176. The second kappa shape index (κ2) is 4.58. The predicted octanol–water partition coefficient (Wildman–Crippen LogP) is 0.318. The number of rotatable bonds is 4. The maximum Gasteiger partial charge on any atom is 0.219 e. The van der Waals surface area contributed by atoms with Crippen molar-refractivity contribution in [2.75, 3.05) is 26.9 Å². The molecular weight excluding hydrogens is 170 g/mol. The SMILES string of the molecule is CCC(=O)NCC1(OC)CCOC1. The first-order valence-electron chi connectivity index (χ1n) is 4.62. The van der Waals surface area contributed by atoms with Crippen molar-refractivity contribution in [3.05, 3.63) is 0 Å². The van der Waals surface area contributed by atoms with Gasteiger partial charge < -0.3 is 14.8 Å². The topological polar surface area (TPSA) is 47.6 Å². The highest BCUT2D eigenvalue weighted by Crippen LogP contribution is 2.21. The van der Waals surface area contributed by atoms with Crippen LogP contribution < -0.4 is 5.32 Å². The predicted molar refractivity (Wildman–Crippen MR) is 48.5 cm³/mol. The van der Waals surface area contributed by atoms with Gasteiger partial charge in [0, 0.05) is 33.1 Å². The maximum absolute atomic E-state index is 11.0. The molecule has 0 bridgehead atoms. The Hall–Kier alpha value is -0.610. The molecule has 1 heterocycles. The molecule has 0 saturated carbocycles. The number of methoxy groups -OCH3 is 1. The first kappa shape index (κ1) is 10.5. The van der Waals surface area contributed by atoms with Gasteiger partial charge in [-0.25, -0.2) is 0 Å². The third-order valence-corrected chi connectivity index (χ3v) is 2.43. The molecule has 4 nitrogen and oxygen atoms in total. The van der Waals surface area contributed by atoms with Gasteiger partial charge in [-0.2, -0.15) is 0 Å². The summed E-state index contributed by atoms with van der Waals surface area (Å²) in [6, 6.07) is 0. The van der Waals surface area contributed by atoms with Crippen LogP contribution in [0.2, 0.25) is 0 Å². The van der Waals surface area contributed by atoms with Crippen molar-refractivity contribution in [2.24, 2.45) is 0 Å². The van der Waals surface area contributed by atoms with Crippen LogP contribution in [-0.2, 0) is 14.3 Å². The van der Waals surface area contributed by atoms with Crippen LogP contribution in [0.5, 0.6) is 0 Å². The summed E-state index contributed by atoms with van der Waals surface area (Å²) in [7, 11) is 1.66. The van der Waals surface area contributed by atoms with Crippen molar-refractivity contribution in [1.29, 1.82) is 0 Å². The van der Waals surface area contributed by atoms with Crippen molar-refractivity contribution in [3.8, 4) is 0 Å². The number of carbonyl (C=O) groups is 1. The van der Waals surface area contributed by atoms with Crippen molar-refractivity contribution in [2.45, 2.75) is 25.4 Å². The summed E-state index contributed by atoms with van der Waals surface area (Å²) in [4.78, 5) is 11.0. The van der Waals surface area contributed by atoms with Crippen LogP contribution in [0.15, 0.2) is 0 Å². The van der Waals surface area contributed by atoms with E-state index in [1.165, 1.54) is 0 Å². The van der Waals surface area contributed by atoms with Gasteiger partial charge in [-0.05, 0) is 0 Å². The Kier molecular flexibility index (Phi) is 3.69. The molecule has 1 aliphatic heterocycles. The van der Waals surface area contributed by atoms with Crippen LogP contribution >= 0.6 is 0 Å². The lowest BCUT2D eigenvalue weighted by Gasteiger charge is -2.25. The molecule has 0 spiro atoms. The Morgan fingerprint density at radius 3 is 2.92 bits per heavy atom. The fourth-order valence-electron chi connectivity index (χ4n) is 1.35. The molecule has 0 aromatic rings. The van der Waals surface area contributed by atoms with Crippen LogP contribution in [0.1, 0.15) is 19.8 Å². The Balaban J connectivity index is 2.35. The van der Waals surface area contributed by atoms with E-state index in [-0.39, 0.29) is 11.5 Å². The number of hydrogen-bond acceptors (Lipinski definition) is 3. The van der Waals surface area contributed by atoms with Gasteiger partial charge in [0.2, 0.25) is 5.91 Å². The van der Waals surface area contributed by atoms with Crippen molar-refractivity contribution in [1.82, 2.24) is 5.32 Å². The van der Waals surface area contributed by atoms with E-state index in [1.54, 1.807) is 7.11 Å². The molecule has 1 unspecified atom stereocenters. The Morgan fingerprint density at radius 2 is 2.46 bits per heavy atom. The molecule has 1 fully saturated rings. The fraction of sp³-hybridized carbons (Fsp3) is 0.889. The molecule has 0 radical (unpaired) electrons. The molecular formula is C9H17NO3. The van der Waals surface area contributed by atoms with Crippen molar-refractivity contribution in [3.63, 3.8) is 0 Å². The lowest BCUT2D eigenvalue weighted by molar-refractivity contribution is -0.122. The Labute approximate surface area is 78.6 Å². The first-order valence-corrected chi connectivity index (χ1v) is 4.62. The molecule has 0 aromatic carbocycles. The van der Waals surface area contributed by atoms with E-state index >= 15 is 0 Å². The minimum absolute atomic E-state index is 0.0586. The number of hydrogen-bond donors (Lipinski definition) is 1. The Morgan fingerprint density at radius 1 is 1.69 bits per heavy atom. The van der Waals surface area contributed by atoms with Crippen LogP contribution in [0.25, 0.3) is 0 Å². The number of carbonyl (C=O) groups excluding carboxylic acids is 1. The highest BCUT2D eigenvalue weighted by Gasteiger charge is 2.34. The molecule has 1 amide bonds. The molecule has 4 heteroatoms. The van der Waals surface area contributed by atoms with Crippen LogP contribution in [-0.4, -0.2) is 38.4 Å². The summed E-state index contributed by atoms with van der Waals surface area (Å²) in [6.07, 6.45) is 1.37. The molecule has 1 aliphatic rings. The van der Waals surface area contributed by atoms with E-state index in [4.69, 9.17) is 9.47 Å². The summed E-state index contributed by atoms with van der Waals surface area (Å²) in [5.74, 6) is 0.0586. The van der Waals surface area contributed by atoms with E-state index in [2.05, 4.69) is 5.32 Å². The van der Waals surface area contributed by atoms with E-state index in [9.17, 15) is 4.79 Å². The van der Waals surface area contributed by atoms with Gasteiger partial charge in [0.15, 0.2) is 0 Å². The average molecular weight is 187 g/mol. The highest BCUT2D eigenvalue weighted by molar-refractivity contribution is 5.75. The quantitative estimate of drug-likeness (QED) is 0.689. The molecule has 1 atom stereocenters. The van der Waals surface area contributed by atoms with Crippen molar-refractivity contribution < 1.29 is 14.3 Å². The summed E-state index contributed by atoms with van der Waals surface area (Å²) >= 11 is 0. The summed E-state index contributed by atoms with van der Waals surface area (Å²) in [5.41, 5.74) is -0.287. The molecule has 0 aliphatic carbocycles. The normalized spacial score (nSPS) is 27.5.